The molecule has 0 aliphatic heterocycles. The molecule has 0 fully saturated rings. The molecule has 0 aliphatic carbocycles. The molecular formula is C17H19Cl2NO. The third kappa shape index (κ3) is 5.33. The molecule has 21 heavy (non-hydrogen) atoms. The van der Waals surface area contributed by atoms with Gasteiger partial charge in [-0.15, -0.1) is 0 Å². The molecule has 1 atom stereocenters. The Morgan fingerprint density at radius 2 is 1.52 bits per heavy atom. The van der Waals surface area contributed by atoms with Crippen LogP contribution in [0.2, 0.25) is 10.0 Å². The highest BCUT2D eigenvalue weighted by Crippen LogP contribution is 2.21. The highest BCUT2D eigenvalue weighted by atomic mass is 35.5. The monoisotopic (exact) mass is 323 g/mol. The van der Waals surface area contributed by atoms with Gasteiger partial charge in [0, 0.05) is 16.6 Å². The quantitative estimate of drug-likeness (QED) is 0.785. The van der Waals surface area contributed by atoms with Crippen molar-refractivity contribution in [2.75, 3.05) is 13.1 Å². The summed E-state index contributed by atoms with van der Waals surface area (Å²) in [5.74, 6) is 0. The van der Waals surface area contributed by atoms with Crippen molar-refractivity contribution in [2.24, 2.45) is 0 Å². The van der Waals surface area contributed by atoms with Gasteiger partial charge in [-0.3, -0.25) is 0 Å². The zero-order chi connectivity index (χ0) is 15.1. The maximum absolute atomic E-state index is 6.05. The molecule has 1 unspecified atom stereocenters. The van der Waals surface area contributed by atoms with Crippen LogP contribution in [0, 0.1) is 0 Å². The van der Waals surface area contributed by atoms with Gasteiger partial charge in [0.1, 0.15) is 0 Å². The average molecular weight is 324 g/mol. The van der Waals surface area contributed by atoms with Crippen molar-refractivity contribution in [3.05, 3.63) is 69.7 Å². The number of likely N-dealkylation sites (N-methyl/N-ethyl adjacent to an activating group) is 1. The molecule has 0 aliphatic rings. The van der Waals surface area contributed by atoms with Crippen LogP contribution in [0.3, 0.4) is 0 Å². The summed E-state index contributed by atoms with van der Waals surface area (Å²) in [6, 6.07) is 15.5. The fourth-order valence-electron chi connectivity index (χ4n) is 2.00. The molecule has 0 heterocycles. The normalized spacial score (nSPS) is 12.3. The molecule has 0 radical (unpaired) electrons. The van der Waals surface area contributed by atoms with Gasteiger partial charge in [0.15, 0.2) is 0 Å². The molecule has 0 bridgehead atoms. The summed E-state index contributed by atoms with van der Waals surface area (Å²) in [7, 11) is 0. The van der Waals surface area contributed by atoms with Crippen LogP contribution in [0.1, 0.15) is 24.2 Å². The maximum Gasteiger partial charge on any atom is 0.0953 e. The molecule has 112 valence electrons. The van der Waals surface area contributed by atoms with Crippen LogP contribution in [-0.4, -0.2) is 13.1 Å². The molecule has 1 N–H and O–H groups in total. The minimum atomic E-state index is -0.00195. The number of rotatable bonds is 7. The maximum atomic E-state index is 6.05. The van der Waals surface area contributed by atoms with Gasteiger partial charge in [-0.2, -0.15) is 0 Å². The number of ether oxygens (including phenoxy) is 1. The molecule has 0 saturated carbocycles. The number of hydrogen-bond donors (Lipinski definition) is 1. The zero-order valence-electron chi connectivity index (χ0n) is 12.0. The molecule has 2 nitrogen and oxygen atoms in total. The fourth-order valence-corrected chi connectivity index (χ4v) is 2.26. The van der Waals surface area contributed by atoms with E-state index in [1.54, 1.807) is 0 Å². The lowest BCUT2D eigenvalue weighted by atomic mass is 10.1. The first kappa shape index (κ1) is 16.3. The highest BCUT2D eigenvalue weighted by molar-refractivity contribution is 6.30. The molecule has 2 rings (SSSR count). The fraction of sp³-hybridized carbons (Fsp3) is 0.294. The Bertz CT molecular complexity index is 540. The second kappa shape index (κ2) is 8.40. The van der Waals surface area contributed by atoms with Crippen LogP contribution < -0.4 is 5.32 Å². The minimum absolute atomic E-state index is 0.00195. The molecule has 0 saturated heterocycles. The molecular weight excluding hydrogens is 305 g/mol. The zero-order valence-corrected chi connectivity index (χ0v) is 13.5. The van der Waals surface area contributed by atoms with Crippen molar-refractivity contribution < 1.29 is 4.74 Å². The Labute approximate surface area is 136 Å². The van der Waals surface area contributed by atoms with Gasteiger partial charge >= 0.3 is 0 Å². The van der Waals surface area contributed by atoms with Crippen LogP contribution in [0.4, 0.5) is 0 Å². The summed E-state index contributed by atoms with van der Waals surface area (Å²) in [6.07, 6.45) is -0.00195. The summed E-state index contributed by atoms with van der Waals surface area (Å²) < 4.78 is 6.05. The molecule has 0 spiro atoms. The van der Waals surface area contributed by atoms with E-state index in [0.29, 0.717) is 6.61 Å². The van der Waals surface area contributed by atoms with Gasteiger partial charge in [-0.05, 0) is 41.9 Å². The van der Waals surface area contributed by atoms with Crippen LogP contribution in [-0.2, 0) is 11.3 Å². The van der Waals surface area contributed by atoms with E-state index in [2.05, 4.69) is 12.2 Å². The van der Waals surface area contributed by atoms with Gasteiger partial charge in [-0.25, -0.2) is 0 Å². The molecule has 4 heteroatoms. The van der Waals surface area contributed by atoms with E-state index in [1.807, 2.05) is 48.5 Å². The lowest BCUT2D eigenvalue weighted by molar-refractivity contribution is 0.0401. The van der Waals surface area contributed by atoms with Crippen molar-refractivity contribution >= 4 is 23.2 Å². The van der Waals surface area contributed by atoms with E-state index in [1.165, 1.54) is 0 Å². The van der Waals surface area contributed by atoms with E-state index in [9.17, 15) is 0 Å². The Hall–Kier alpha value is -1.06. The smallest absolute Gasteiger partial charge is 0.0953 e. The Kier molecular flexibility index (Phi) is 6.52. The van der Waals surface area contributed by atoms with Gasteiger partial charge in [-0.1, -0.05) is 54.4 Å². The Morgan fingerprint density at radius 3 is 2.10 bits per heavy atom. The first-order chi connectivity index (χ1) is 10.2. The van der Waals surface area contributed by atoms with E-state index < -0.39 is 0 Å². The van der Waals surface area contributed by atoms with E-state index in [0.717, 1.165) is 34.3 Å². The largest absolute Gasteiger partial charge is 0.368 e. The average Bonchev–Trinajstić information content (AvgIpc) is 2.50. The van der Waals surface area contributed by atoms with Crippen LogP contribution >= 0.6 is 23.2 Å². The topological polar surface area (TPSA) is 21.3 Å². The number of nitrogens with one attached hydrogen (secondary N) is 1. The van der Waals surface area contributed by atoms with Gasteiger partial charge in [0.2, 0.25) is 0 Å². The first-order valence-electron chi connectivity index (χ1n) is 7.01. The van der Waals surface area contributed by atoms with Crippen LogP contribution in [0.5, 0.6) is 0 Å². The molecule has 0 amide bonds. The van der Waals surface area contributed by atoms with E-state index in [-0.39, 0.29) is 6.10 Å². The SMILES string of the molecule is CCNCC(OCc1ccc(Cl)cc1)c1ccc(Cl)cc1. The van der Waals surface area contributed by atoms with E-state index >= 15 is 0 Å². The lowest BCUT2D eigenvalue weighted by Crippen LogP contribution is -2.23. The van der Waals surface area contributed by atoms with Gasteiger partial charge in [0.05, 0.1) is 12.7 Å². The van der Waals surface area contributed by atoms with Crippen molar-refractivity contribution in [1.82, 2.24) is 5.32 Å². The molecule has 2 aromatic carbocycles. The standard InChI is InChI=1S/C17H19Cl2NO/c1-2-20-11-17(14-5-9-16(19)10-6-14)21-12-13-3-7-15(18)8-4-13/h3-10,17,20H,2,11-12H2,1H3. The summed E-state index contributed by atoms with van der Waals surface area (Å²) >= 11 is 11.8. The second-order valence-electron chi connectivity index (χ2n) is 4.79. The third-order valence-electron chi connectivity index (χ3n) is 3.19. The van der Waals surface area contributed by atoms with Crippen molar-refractivity contribution in [3.63, 3.8) is 0 Å². The van der Waals surface area contributed by atoms with Gasteiger partial charge < -0.3 is 10.1 Å². The second-order valence-corrected chi connectivity index (χ2v) is 5.66. The van der Waals surface area contributed by atoms with E-state index in [4.69, 9.17) is 27.9 Å². The summed E-state index contributed by atoms with van der Waals surface area (Å²) in [5, 5.41) is 4.80. The summed E-state index contributed by atoms with van der Waals surface area (Å²) in [6.45, 7) is 4.31. The first-order valence-corrected chi connectivity index (χ1v) is 7.77. The summed E-state index contributed by atoms with van der Waals surface area (Å²) in [5.41, 5.74) is 2.23. The van der Waals surface area contributed by atoms with Crippen LogP contribution in [0.15, 0.2) is 48.5 Å². The molecule has 0 aromatic heterocycles. The highest BCUT2D eigenvalue weighted by Gasteiger charge is 2.11. The number of halogens is 2. The third-order valence-corrected chi connectivity index (χ3v) is 3.69. The number of hydrogen-bond acceptors (Lipinski definition) is 2. The van der Waals surface area contributed by atoms with Gasteiger partial charge in [0.25, 0.3) is 0 Å². The van der Waals surface area contributed by atoms with Crippen molar-refractivity contribution in [1.29, 1.82) is 0 Å². The molecule has 2 aromatic rings. The minimum Gasteiger partial charge on any atom is -0.368 e. The Morgan fingerprint density at radius 1 is 0.952 bits per heavy atom. The van der Waals surface area contributed by atoms with Crippen molar-refractivity contribution in [3.8, 4) is 0 Å². The predicted molar refractivity (Wildman–Crippen MR) is 89.0 cm³/mol. The van der Waals surface area contributed by atoms with Crippen molar-refractivity contribution in [2.45, 2.75) is 19.6 Å². The predicted octanol–water partition coefficient (Wildman–Crippen LogP) is 4.86. The lowest BCUT2D eigenvalue weighted by Gasteiger charge is -2.19. The summed E-state index contributed by atoms with van der Waals surface area (Å²) in [4.78, 5) is 0. The Balaban J connectivity index is 2.02. The van der Waals surface area contributed by atoms with Crippen LogP contribution in [0.25, 0.3) is 0 Å². The number of benzene rings is 2.